The Morgan fingerprint density at radius 1 is 1.38 bits per heavy atom. The number of pyridine rings is 1. The molecule has 0 saturated carbocycles. The first kappa shape index (κ1) is 16.3. The zero-order valence-electron chi connectivity index (χ0n) is 12.8. The molecule has 0 spiro atoms. The number of amides is 1. The summed E-state index contributed by atoms with van der Waals surface area (Å²) in [5, 5.41) is 0. The standard InChI is InChI=1S/C17H16F2N2O3/c18-12-3-4-15(16(19)8-12)17(22)21-6-7-23-14(10-21)11-24-13-2-1-5-20-9-13/h1-5,8-9,14H,6-7,10-11H2. The Labute approximate surface area is 137 Å². The number of rotatable bonds is 4. The maximum Gasteiger partial charge on any atom is 0.257 e. The van der Waals surface area contributed by atoms with Crippen molar-refractivity contribution in [3.05, 3.63) is 59.9 Å². The van der Waals surface area contributed by atoms with Crippen molar-refractivity contribution in [3.8, 4) is 5.75 Å². The Kier molecular flexibility index (Phi) is 5.00. The SMILES string of the molecule is O=C(c1ccc(F)cc1F)N1CCOC(COc2cccnc2)C1. The van der Waals surface area contributed by atoms with Crippen molar-refractivity contribution in [1.29, 1.82) is 0 Å². The molecule has 5 nitrogen and oxygen atoms in total. The van der Waals surface area contributed by atoms with Crippen LogP contribution in [0.1, 0.15) is 10.4 Å². The summed E-state index contributed by atoms with van der Waals surface area (Å²) in [7, 11) is 0. The minimum atomic E-state index is -0.866. The van der Waals surface area contributed by atoms with E-state index in [0.29, 0.717) is 25.0 Å². The second-order valence-corrected chi connectivity index (χ2v) is 5.37. The van der Waals surface area contributed by atoms with E-state index >= 15 is 0 Å². The van der Waals surface area contributed by atoms with Gasteiger partial charge in [0.1, 0.15) is 30.1 Å². The molecule has 1 fully saturated rings. The Morgan fingerprint density at radius 3 is 3.00 bits per heavy atom. The summed E-state index contributed by atoms with van der Waals surface area (Å²) < 4.78 is 37.9. The van der Waals surface area contributed by atoms with Crippen molar-refractivity contribution in [2.24, 2.45) is 0 Å². The molecular formula is C17H16F2N2O3. The van der Waals surface area contributed by atoms with Gasteiger partial charge in [-0.3, -0.25) is 9.78 Å². The molecule has 0 radical (unpaired) electrons. The predicted molar refractivity (Wildman–Crippen MR) is 81.7 cm³/mol. The fourth-order valence-electron chi connectivity index (χ4n) is 2.46. The van der Waals surface area contributed by atoms with Gasteiger partial charge in [-0.25, -0.2) is 8.78 Å². The lowest BCUT2D eigenvalue weighted by atomic mass is 10.1. The van der Waals surface area contributed by atoms with Crippen LogP contribution in [-0.4, -0.2) is 48.2 Å². The van der Waals surface area contributed by atoms with Gasteiger partial charge in [0.25, 0.3) is 5.91 Å². The maximum absolute atomic E-state index is 13.8. The van der Waals surface area contributed by atoms with E-state index in [4.69, 9.17) is 9.47 Å². The number of ether oxygens (including phenoxy) is 2. The molecule has 126 valence electrons. The summed E-state index contributed by atoms with van der Waals surface area (Å²) in [4.78, 5) is 17.8. The molecule has 1 saturated heterocycles. The Morgan fingerprint density at radius 2 is 2.25 bits per heavy atom. The topological polar surface area (TPSA) is 51.7 Å². The molecule has 1 amide bonds. The van der Waals surface area contributed by atoms with Gasteiger partial charge in [0.15, 0.2) is 0 Å². The first-order valence-corrected chi connectivity index (χ1v) is 7.52. The number of benzene rings is 1. The fraction of sp³-hybridized carbons (Fsp3) is 0.294. The fourth-order valence-corrected chi connectivity index (χ4v) is 2.46. The van der Waals surface area contributed by atoms with Gasteiger partial charge >= 0.3 is 0 Å². The van der Waals surface area contributed by atoms with E-state index < -0.39 is 17.5 Å². The number of aromatic nitrogens is 1. The van der Waals surface area contributed by atoms with E-state index in [1.807, 2.05) is 0 Å². The smallest absolute Gasteiger partial charge is 0.257 e. The van der Waals surface area contributed by atoms with Crippen molar-refractivity contribution in [1.82, 2.24) is 9.88 Å². The first-order valence-electron chi connectivity index (χ1n) is 7.52. The molecule has 0 bridgehead atoms. The van der Waals surface area contributed by atoms with Crippen LogP contribution >= 0.6 is 0 Å². The van der Waals surface area contributed by atoms with Gasteiger partial charge in [0, 0.05) is 18.8 Å². The number of hydrogen-bond acceptors (Lipinski definition) is 4. The van der Waals surface area contributed by atoms with Gasteiger partial charge < -0.3 is 14.4 Å². The average molecular weight is 334 g/mol. The predicted octanol–water partition coefficient (Wildman–Crippen LogP) is 2.28. The second kappa shape index (κ2) is 7.35. The molecule has 1 aliphatic heterocycles. The molecule has 1 aromatic heterocycles. The van der Waals surface area contributed by atoms with Crippen LogP contribution < -0.4 is 4.74 Å². The third-order valence-corrected chi connectivity index (χ3v) is 3.66. The lowest BCUT2D eigenvalue weighted by molar-refractivity contribution is -0.0402. The summed E-state index contributed by atoms with van der Waals surface area (Å²) in [6, 6.07) is 6.46. The molecule has 0 N–H and O–H groups in total. The quantitative estimate of drug-likeness (QED) is 0.861. The van der Waals surface area contributed by atoms with Crippen molar-refractivity contribution >= 4 is 5.91 Å². The van der Waals surface area contributed by atoms with Crippen LogP contribution in [0.5, 0.6) is 5.75 Å². The molecule has 1 aliphatic rings. The van der Waals surface area contributed by atoms with E-state index in [0.717, 1.165) is 12.1 Å². The summed E-state index contributed by atoms with van der Waals surface area (Å²) >= 11 is 0. The molecule has 24 heavy (non-hydrogen) atoms. The number of morpholine rings is 1. The van der Waals surface area contributed by atoms with Crippen LogP contribution in [0.2, 0.25) is 0 Å². The zero-order chi connectivity index (χ0) is 16.9. The lowest BCUT2D eigenvalue weighted by Crippen LogP contribution is -2.47. The van der Waals surface area contributed by atoms with Crippen molar-refractivity contribution in [2.45, 2.75) is 6.10 Å². The molecular weight excluding hydrogens is 318 g/mol. The second-order valence-electron chi connectivity index (χ2n) is 5.37. The average Bonchev–Trinajstić information content (AvgIpc) is 2.61. The molecule has 1 atom stereocenters. The summed E-state index contributed by atoms with van der Waals surface area (Å²) in [6.07, 6.45) is 2.90. The molecule has 2 heterocycles. The third-order valence-electron chi connectivity index (χ3n) is 3.66. The number of carbonyl (C=O) groups is 1. The maximum atomic E-state index is 13.8. The highest BCUT2D eigenvalue weighted by atomic mass is 19.1. The highest BCUT2D eigenvalue weighted by Crippen LogP contribution is 2.16. The van der Waals surface area contributed by atoms with Crippen molar-refractivity contribution in [2.75, 3.05) is 26.3 Å². The van der Waals surface area contributed by atoms with Crippen LogP contribution in [0.25, 0.3) is 0 Å². The minimum absolute atomic E-state index is 0.148. The molecule has 7 heteroatoms. The Hall–Kier alpha value is -2.54. The summed E-state index contributed by atoms with van der Waals surface area (Å²) in [5.41, 5.74) is -0.148. The van der Waals surface area contributed by atoms with E-state index in [1.54, 1.807) is 24.5 Å². The minimum Gasteiger partial charge on any atom is -0.489 e. The first-order chi connectivity index (χ1) is 11.6. The van der Waals surface area contributed by atoms with Crippen molar-refractivity contribution in [3.63, 3.8) is 0 Å². The highest BCUT2D eigenvalue weighted by Gasteiger charge is 2.27. The van der Waals surface area contributed by atoms with Crippen LogP contribution in [0.4, 0.5) is 8.78 Å². The third kappa shape index (κ3) is 3.86. The molecule has 0 aliphatic carbocycles. The Balaban J connectivity index is 1.61. The van der Waals surface area contributed by atoms with Gasteiger partial charge in [0.05, 0.1) is 24.9 Å². The van der Waals surface area contributed by atoms with E-state index in [9.17, 15) is 13.6 Å². The molecule has 3 rings (SSSR count). The van der Waals surface area contributed by atoms with Crippen LogP contribution in [0.3, 0.4) is 0 Å². The van der Waals surface area contributed by atoms with Gasteiger partial charge in [-0.2, -0.15) is 0 Å². The lowest BCUT2D eigenvalue weighted by Gasteiger charge is -2.33. The van der Waals surface area contributed by atoms with E-state index in [2.05, 4.69) is 4.98 Å². The monoisotopic (exact) mass is 334 g/mol. The normalized spacial score (nSPS) is 17.6. The molecule has 2 aromatic rings. The van der Waals surface area contributed by atoms with Crippen LogP contribution in [0, 0.1) is 11.6 Å². The van der Waals surface area contributed by atoms with Gasteiger partial charge in [-0.15, -0.1) is 0 Å². The zero-order valence-corrected chi connectivity index (χ0v) is 12.8. The van der Waals surface area contributed by atoms with Crippen LogP contribution in [0.15, 0.2) is 42.7 Å². The summed E-state index contributed by atoms with van der Waals surface area (Å²) in [5.74, 6) is -1.46. The number of hydrogen-bond donors (Lipinski definition) is 0. The Bertz CT molecular complexity index is 712. The van der Waals surface area contributed by atoms with E-state index in [1.165, 1.54) is 4.90 Å². The van der Waals surface area contributed by atoms with Gasteiger partial charge in [-0.1, -0.05) is 0 Å². The number of carbonyl (C=O) groups excluding carboxylic acids is 1. The summed E-state index contributed by atoms with van der Waals surface area (Å²) in [6.45, 7) is 1.20. The number of halogens is 2. The molecule has 1 aromatic carbocycles. The van der Waals surface area contributed by atoms with Gasteiger partial charge in [0.2, 0.25) is 0 Å². The van der Waals surface area contributed by atoms with Crippen molar-refractivity contribution < 1.29 is 23.0 Å². The van der Waals surface area contributed by atoms with Crippen LogP contribution in [-0.2, 0) is 4.74 Å². The largest absolute Gasteiger partial charge is 0.489 e. The number of nitrogens with zero attached hydrogens (tertiary/aromatic N) is 2. The molecule has 1 unspecified atom stereocenters. The highest BCUT2D eigenvalue weighted by molar-refractivity contribution is 5.94. The van der Waals surface area contributed by atoms with E-state index in [-0.39, 0.29) is 24.8 Å². The van der Waals surface area contributed by atoms with Gasteiger partial charge in [-0.05, 0) is 24.3 Å².